The first-order valence-electron chi connectivity index (χ1n) is 8.52. The van der Waals surface area contributed by atoms with Gasteiger partial charge in [0.25, 0.3) is 0 Å². The van der Waals surface area contributed by atoms with Crippen molar-refractivity contribution in [2.75, 3.05) is 5.32 Å². The number of alkyl halides is 6. The normalized spacial score (nSPS) is 22.3. The van der Waals surface area contributed by atoms with Crippen LogP contribution in [0.2, 0.25) is 0 Å². The number of aryl methyl sites for hydroxylation is 1. The van der Waals surface area contributed by atoms with Gasteiger partial charge in [-0.1, -0.05) is 0 Å². The molecule has 1 aromatic carbocycles. The number of aromatic nitrogens is 2. The molecule has 0 atom stereocenters. The molecule has 1 saturated carbocycles. The van der Waals surface area contributed by atoms with Gasteiger partial charge in [-0.3, -0.25) is 0 Å². The highest BCUT2D eigenvalue weighted by Crippen LogP contribution is 2.42. The van der Waals surface area contributed by atoms with E-state index in [4.69, 9.17) is 0 Å². The van der Waals surface area contributed by atoms with Crippen LogP contribution in [0.5, 0.6) is 5.75 Å². The van der Waals surface area contributed by atoms with Crippen molar-refractivity contribution in [3.63, 3.8) is 0 Å². The van der Waals surface area contributed by atoms with Gasteiger partial charge >= 0.3 is 12.4 Å². The first kappa shape index (κ1) is 21.2. The lowest BCUT2D eigenvalue weighted by Crippen LogP contribution is -2.48. The Labute approximate surface area is 161 Å². The Morgan fingerprint density at radius 2 is 1.66 bits per heavy atom. The maximum atomic E-state index is 13.5. The zero-order valence-electron chi connectivity index (χ0n) is 15.3. The number of nitrogens with zero attached hydrogens (tertiary/aromatic N) is 2. The maximum absolute atomic E-state index is 13.5. The van der Waals surface area contributed by atoms with Crippen LogP contribution in [0, 0.1) is 6.92 Å². The van der Waals surface area contributed by atoms with E-state index in [0.29, 0.717) is 18.2 Å². The number of benzene rings is 1. The van der Waals surface area contributed by atoms with Crippen LogP contribution in [0.1, 0.15) is 36.5 Å². The van der Waals surface area contributed by atoms with Gasteiger partial charge in [0.2, 0.25) is 0 Å². The van der Waals surface area contributed by atoms with Crippen LogP contribution in [-0.4, -0.2) is 32.1 Å². The number of aromatic hydroxyl groups is 1. The second-order valence-corrected chi connectivity index (χ2v) is 7.42. The van der Waals surface area contributed by atoms with E-state index >= 15 is 0 Å². The summed E-state index contributed by atoms with van der Waals surface area (Å²) in [5.41, 5.74) is -4.05. The molecule has 29 heavy (non-hydrogen) atoms. The molecule has 0 aliphatic heterocycles. The van der Waals surface area contributed by atoms with Crippen molar-refractivity contribution < 1.29 is 36.6 Å². The molecule has 0 unspecified atom stereocenters. The van der Waals surface area contributed by atoms with Gasteiger partial charge in [-0.25, -0.2) is 0 Å². The van der Waals surface area contributed by atoms with Crippen molar-refractivity contribution in [2.24, 2.45) is 0 Å². The molecule has 0 saturated heterocycles. The number of anilines is 1. The summed E-state index contributed by atoms with van der Waals surface area (Å²) in [6.45, 7) is 2.78. The summed E-state index contributed by atoms with van der Waals surface area (Å²) in [6.07, 6.45) is -9.09. The number of rotatable bonds is 3. The fraction of sp³-hybridized carbons (Fsp3) is 0.444. The summed E-state index contributed by atoms with van der Waals surface area (Å²) < 4.78 is 79.1. The molecule has 11 heteroatoms. The van der Waals surface area contributed by atoms with E-state index in [0.717, 1.165) is 0 Å². The molecule has 3 rings (SSSR count). The molecule has 158 valence electrons. The summed E-state index contributed by atoms with van der Waals surface area (Å²) in [7, 11) is 0. The third-order valence-electron chi connectivity index (χ3n) is 4.71. The number of aliphatic hydroxyl groups is 1. The van der Waals surface area contributed by atoms with Crippen LogP contribution in [-0.2, 0) is 12.4 Å². The minimum atomic E-state index is -4.82. The van der Waals surface area contributed by atoms with Crippen molar-refractivity contribution in [2.45, 2.75) is 50.7 Å². The van der Waals surface area contributed by atoms with E-state index in [2.05, 4.69) is 15.5 Å². The minimum Gasteiger partial charge on any atom is -0.507 e. The van der Waals surface area contributed by atoms with Gasteiger partial charge in [0, 0.05) is 11.6 Å². The number of hydrogen-bond donors (Lipinski definition) is 3. The minimum absolute atomic E-state index is 0.101. The number of nitrogens with one attached hydrogen (secondary N) is 1. The lowest BCUT2D eigenvalue weighted by atomic mass is 9.77. The van der Waals surface area contributed by atoms with Crippen LogP contribution in [0.25, 0.3) is 11.3 Å². The summed E-state index contributed by atoms with van der Waals surface area (Å²) in [5.74, 6) is -1.40. The second-order valence-electron chi connectivity index (χ2n) is 7.42. The largest absolute Gasteiger partial charge is 0.507 e. The predicted molar refractivity (Wildman–Crippen MR) is 91.1 cm³/mol. The van der Waals surface area contributed by atoms with Gasteiger partial charge in [0.15, 0.2) is 5.82 Å². The third kappa shape index (κ3) is 4.39. The average molecular weight is 421 g/mol. The standard InChI is InChI=1S/C18H17F6N3O2/c1-8-3-9(17(19,20)21)4-13(28)14(8)12-5-11(18(22,23)24)15(27-26-12)25-10-6-16(2,29)7-10/h3-5,10,28-29H,6-7H2,1-2H3,(H,25,27)/t10-,16-. The first-order chi connectivity index (χ1) is 13.2. The molecule has 0 radical (unpaired) electrons. The van der Waals surface area contributed by atoms with Crippen molar-refractivity contribution in [1.82, 2.24) is 10.2 Å². The fourth-order valence-corrected chi connectivity index (χ4v) is 3.40. The summed E-state index contributed by atoms with van der Waals surface area (Å²) in [6, 6.07) is 1.35. The molecule has 0 bridgehead atoms. The van der Waals surface area contributed by atoms with Crippen LogP contribution < -0.4 is 5.32 Å². The van der Waals surface area contributed by atoms with Gasteiger partial charge in [0.05, 0.1) is 16.9 Å². The van der Waals surface area contributed by atoms with Crippen molar-refractivity contribution in [3.05, 3.63) is 34.9 Å². The zero-order valence-corrected chi connectivity index (χ0v) is 15.3. The Morgan fingerprint density at radius 3 is 2.14 bits per heavy atom. The summed E-state index contributed by atoms with van der Waals surface area (Å²) in [5, 5.41) is 29.5. The molecule has 1 aromatic heterocycles. The van der Waals surface area contributed by atoms with E-state index in [1.807, 2.05) is 0 Å². The highest BCUT2D eigenvalue weighted by Gasteiger charge is 2.41. The molecular formula is C18H17F6N3O2. The molecule has 3 N–H and O–H groups in total. The highest BCUT2D eigenvalue weighted by atomic mass is 19.4. The molecule has 1 fully saturated rings. The fourth-order valence-electron chi connectivity index (χ4n) is 3.40. The van der Waals surface area contributed by atoms with Crippen molar-refractivity contribution in [3.8, 4) is 17.0 Å². The Bertz CT molecular complexity index is 909. The van der Waals surface area contributed by atoms with Gasteiger partial charge in [0.1, 0.15) is 11.3 Å². The maximum Gasteiger partial charge on any atom is 0.420 e. The van der Waals surface area contributed by atoms with Crippen LogP contribution in [0.4, 0.5) is 32.2 Å². The number of phenols is 1. The number of hydrogen-bond acceptors (Lipinski definition) is 5. The average Bonchev–Trinajstić information content (AvgIpc) is 2.51. The molecule has 0 spiro atoms. The topological polar surface area (TPSA) is 78.3 Å². The van der Waals surface area contributed by atoms with Crippen molar-refractivity contribution in [1.29, 1.82) is 0 Å². The van der Waals surface area contributed by atoms with E-state index < -0.39 is 52.4 Å². The number of halogens is 6. The molecule has 0 amide bonds. The summed E-state index contributed by atoms with van der Waals surface area (Å²) in [4.78, 5) is 0. The summed E-state index contributed by atoms with van der Waals surface area (Å²) >= 11 is 0. The smallest absolute Gasteiger partial charge is 0.420 e. The molecular weight excluding hydrogens is 404 g/mol. The van der Waals surface area contributed by atoms with Crippen LogP contribution in [0.15, 0.2) is 18.2 Å². The number of phenolic OH excluding ortho intramolecular Hbond substituents is 1. The Morgan fingerprint density at radius 1 is 1.03 bits per heavy atom. The molecule has 1 heterocycles. The van der Waals surface area contributed by atoms with Crippen LogP contribution >= 0.6 is 0 Å². The predicted octanol–water partition coefficient (Wildman–Crippen LogP) is 4.52. The van der Waals surface area contributed by atoms with Gasteiger partial charge in [-0.2, -0.15) is 26.3 Å². The highest BCUT2D eigenvalue weighted by molar-refractivity contribution is 5.72. The second kappa shape index (κ2) is 6.75. The van der Waals surface area contributed by atoms with E-state index in [9.17, 15) is 36.6 Å². The lowest BCUT2D eigenvalue weighted by Gasteiger charge is -2.41. The quantitative estimate of drug-likeness (QED) is 0.636. The lowest BCUT2D eigenvalue weighted by molar-refractivity contribution is -0.138. The molecule has 1 aliphatic rings. The monoisotopic (exact) mass is 421 g/mol. The zero-order chi connectivity index (χ0) is 21.8. The van der Waals surface area contributed by atoms with Crippen LogP contribution in [0.3, 0.4) is 0 Å². The SMILES string of the molecule is Cc1cc(C(F)(F)F)cc(O)c1-c1cc(C(F)(F)F)c(N[C@H]2C[C@](C)(O)C2)nn1. The molecule has 5 nitrogen and oxygen atoms in total. The van der Waals surface area contributed by atoms with Gasteiger partial charge in [-0.15, -0.1) is 10.2 Å². The Hall–Kier alpha value is -2.56. The van der Waals surface area contributed by atoms with E-state index in [-0.39, 0.29) is 24.0 Å². The Balaban J connectivity index is 2.01. The van der Waals surface area contributed by atoms with Gasteiger partial charge in [-0.05, 0) is 50.5 Å². The van der Waals surface area contributed by atoms with Gasteiger partial charge < -0.3 is 15.5 Å². The first-order valence-corrected chi connectivity index (χ1v) is 8.52. The van der Waals surface area contributed by atoms with E-state index in [1.54, 1.807) is 6.92 Å². The Kier molecular flexibility index (Phi) is 4.93. The van der Waals surface area contributed by atoms with Crippen molar-refractivity contribution >= 4 is 5.82 Å². The molecule has 1 aliphatic carbocycles. The van der Waals surface area contributed by atoms with E-state index in [1.165, 1.54) is 6.92 Å². The molecule has 2 aromatic rings. The third-order valence-corrected chi connectivity index (χ3v) is 4.71.